The molecule has 2 atom stereocenters. The fourth-order valence-corrected chi connectivity index (χ4v) is 3.06. The molecule has 0 aromatic heterocycles. The minimum absolute atomic E-state index is 0.121. The van der Waals surface area contributed by atoms with Crippen molar-refractivity contribution in [1.82, 2.24) is 5.32 Å². The van der Waals surface area contributed by atoms with Crippen LogP contribution in [0.15, 0.2) is 0 Å². The van der Waals surface area contributed by atoms with E-state index in [1.54, 1.807) is 27.7 Å². The molecule has 22 heavy (non-hydrogen) atoms. The van der Waals surface area contributed by atoms with Crippen LogP contribution in [-0.2, 0) is 19.1 Å². The molecule has 0 saturated heterocycles. The van der Waals surface area contributed by atoms with E-state index in [1.165, 1.54) is 11.8 Å². The SMILES string of the molecule is CC(=O)OC(=O)[C@@H](NC(=O)OC(C)(C)C)[C@H](C)SC(C)(C)C. The van der Waals surface area contributed by atoms with Gasteiger partial charge in [0.05, 0.1) is 0 Å². The van der Waals surface area contributed by atoms with Crippen LogP contribution in [0.25, 0.3) is 0 Å². The fourth-order valence-electron chi connectivity index (χ4n) is 1.63. The number of esters is 2. The topological polar surface area (TPSA) is 81.7 Å². The number of amides is 1. The van der Waals surface area contributed by atoms with Crippen LogP contribution in [0.3, 0.4) is 0 Å². The van der Waals surface area contributed by atoms with Crippen LogP contribution in [0.1, 0.15) is 55.4 Å². The largest absolute Gasteiger partial charge is 0.444 e. The maximum atomic E-state index is 12.1. The van der Waals surface area contributed by atoms with Crippen LogP contribution in [0.4, 0.5) is 4.79 Å². The highest BCUT2D eigenvalue weighted by atomic mass is 32.2. The number of carbonyl (C=O) groups excluding carboxylic acids is 3. The maximum Gasteiger partial charge on any atom is 0.408 e. The van der Waals surface area contributed by atoms with Gasteiger partial charge in [0.2, 0.25) is 0 Å². The zero-order valence-electron chi connectivity index (χ0n) is 14.6. The van der Waals surface area contributed by atoms with E-state index in [0.717, 1.165) is 6.92 Å². The lowest BCUT2D eigenvalue weighted by Crippen LogP contribution is -2.50. The van der Waals surface area contributed by atoms with Crippen LogP contribution in [-0.4, -0.2) is 39.7 Å². The van der Waals surface area contributed by atoms with Crippen molar-refractivity contribution in [1.29, 1.82) is 0 Å². The molecule has 0 radical (unpaired) electrons. The number of carbonyl (C=O) groups is 3. The third-order valence-electron chi connectivity index (χ3n) is 2.18. The third kappa shape index (κ3) is 9.65. The zero-order chi connectivity index (χ0) is 17.7. The number of ether oxygens (including phenoxy) is 2. The van der Waals surface area contributed by atoms with Crippen molar-refractivity contribution in [2.45, 2.75) is 77.0 Å². The van der Waals surface area contributed by atoms with Crippen LogP contribution >= 0.6 is 11.8 Å². The molecule has 0 heterocycles. The van der Waals surface area contributed by atoms with Crippen molar-refractivity contribution >= 4 is 29.8 Å². The molecule has 0 fully saturated rings. The van der Waals surface area contributed by atoms with Crippen LogP contribution in [0.2, 0.25) is 0 Å². The summed E-state index contributed by atoms with van der Waals surface area (Å²) >= 11 is 1.50. The summed E-state index contributed by atoms with van der Waals surface area (Å²) in [4.78, 5) is 34.9. The summed E-state index contributed by atoms with van der Waals surface area (Å²) in [6, 6.07) is -0.969. The molecule has 0 unspecified atom stereocenters. The number of hydrogen-bond donors (Lipinski definition) is 1. The summed E-state index contributed by atoms with van der Waals surface area (Å²) in [5, 5.41) is 2.20. The minimum Gasteiger partial charge on any atom is -0.444 e. The van der Waals surface area contributed by atoms with Gasteiger partial charge in [-0.3, -0.25) is 4.79 Å². The number of nitrogens with one attached hydrogen (secondary N) is 1. The molecule has 1 amide bonds. The van der Waals surface area contributed by atoms with Crippen molar-refractivity contribution in [3.63, 3.8) is 0 Å². The molecule has 0 bridgehead atoms. The molecule has 0 aliphatic rings. The molecule has 0 rings (SSSR count). The van der Waals surface area contributed by atoms with E-state index in [0.29, 0.717) is 0 Å². The van der Waals surface area contributed by atoms with E-state index in [2.05, 4.69) is 10.1 Å². The fraction of sp³-hybridized carbons (Fsp3) is 0.800. The quantitative estimate of drug-likeness (QED) is 0.629. The summed E-state index contributed by atoms with van der Waals surface area (Å²) in [7, 11) is 0. The van der Waals surface area contributed by atoms with Crippen LogP contribution in [0, 0.1) is 0 Å². The predicted octanol–water partition coefficient (Wildman–Crippen LogP) is 2.89. The number of thioether (sulfide) groups is 1. The molecule has 1 N–H and O–H groups in total. The molecule has 0 aromatic carbocycles. The third-order valence-corrected chi connectivity index (χ3v) is 3.53. The molecule has 6 nitrogen and oxygen atoms in total. The van der Waals surface area contributed by atoms with Crippen LogP contribution in [0.5, 0.6) is 0 Å². The Hall–Kier alpha value is -1.24. The Labute approximate surface area is 136 Å². The van der Waals surface area contributed by atoms with Gasteiger partial charge in [-0.25, -0.2) is 9.59 Å². The highest BCUT2D eigenvalue weighted by Gasteiger charge is 2.33. The number of hydrogen-bond acceptors (Lipinski definition) is 6. The van der Waals surface area contributed by atoms with Crippen LogP contribution < -0.4 is 5.32 Å². The first kappa shape index (κ1) is 20.8. The summed E-state index contributed by atoms with van der Waals surface area (Å²) in [6.07, 6.45) is -0.723. The first-order valence-electron chi connectivity index (χ1n) is 7.11. The van der Waals surface area contributed by atoms with Gasteiger partial charge in [0.1, 0.15) is 11.6 Å². The molecule has 0 saturated carbocycles. The Bertz CT molecular complexity index is 423. The summed E-state index contributed by atoms with van der Waals surface area (Å²) in [5.41, 5.74) is -0.681. The van der Waals surface area contributed by atoms with Gasteiger partial charge in [-0.1, -0.05) is 27.7 Å². The van der Waals surface area contributed by atoms with E-state index in [1.807, 2.05) is 20.8 Å². The van der Waals surface area contributed by atoms with Crippen molar-refractivity contribution in [3.05, 3.63) is 0 Å². The smallest absolute Gasteiger partial charge is 0.408 e. The van der Waals surface area contributed by atoms with E-state index >= 15 is 0 Å². The normalized spacial score (nSPS) is 14.7. The molecular formula is C15H27NO5S. The average molecular weight is 333 g/mol. The highest BCUT2D eigenvalue weighted by molar-refractivity contribution is 8.01. The second-order valence-electron chi connectivity index (χ2n) is 6.97. The van der Waals surface area contributed by atoms with E-state index in [9.17, 15) is 14.4 Å². The molecule has 0 aromatic rings. The number of alkyl carbamates (subject to hydrolysis) is 1. The van der Waals surface area contributed by atoms with Gasteiger partial charge < -0.3 is 14.8 Å². The highest BCUT2D eigenvalue weighted by Crippen LogP contribution is 2.30. The van der Waals surface area contributed by atoms with Gasteiger partial charge in [-0.15, -0.1) is 0 Å². The monoisotopic (exact) mass is 333 g/mol. The second-order valence-corrected chi connectivity index (χ2v) is 9.18. The standard InChI is InChI=1S/C15H27NO5S/c1-9(22-15(6,7)8)11(12(18)20-10(2)17)16-13(19)21-14(3,4)5/h9,11H,1-8H3,(H,16,19)/t9-,11-/m0/s1. The van der Waals surface area contributed by atoms with Crippen molar-refractivity contribution in [2.24, 2.45) is 0 Å². The van der Waals surface area contributed by atoms with Crippen molar-refractivity contribution in [2.75, 3.05) is 0 Å². The summed E-state index contributed by atoms with van der Waals surface area (Å²) in [6.45, 7) is 14.1. The lowest BCUT2D eigenvalue weighted by atomic mass is 10.2. The van der Waals surface area contributed by atoms with Gasteiger partial charge in [-0.2, -0.15) is 11.8 Å². The number of rotatable bonds is 4. The van der Waals surface area contributed by atoms with Crippen molar-refractivity contribution < 1.29 is 23.9 Å². The van der Waals surface area contributed by atoms with Gasteiger partial charge >= 0.3 is 18.0 Å². The second kappa shape index (κ2) is 7.85. The van der Waals surface area contributed by atoms with Gasteiger partial charge in [-0.05, 0) is 20.8 Å². The molecule has 128 valence electrons. The van der Waals surface area contributed by atoms with E-state index in [-0.39, 0.29) is 10.00 Å². The Balaban J connectivity index is 5.05. The first-order valence-corrected chi connectivity index (χ1v) is 7.99. The van der Waals surface area contributed by atoms with Gasteiger partial charge in [0.15, 0.2) is 0 Å². The predicted molar refractivity (Wildman–Crippen MR) is 86.7 cm³/mol. The molecule has 7 heteroatoms. The average Bonchev–Trinajstić information content (AvgIpc) is 2.19. The molecular weight excluding hydrogens is 306 g/mol. The van der Waals surface area contributed by atoms with Gasteiger partial charge in [0.25, 0.3) is 0 Å². The minimum atomic E-state index is -0.969. The van der Waals surface area contributed by atoms with Crippen molar-refractivity contribution in [3.8, 4) is 0 Å². The summed E-state index contributed by atoms with van der Waals surface area (Å²) in [5.74, 6) is -1.50. The Morgan fingerprint density at radius 3 is 1.91 bits per heavy atom. The molecule has 0 spiro atoms. The lowest BCUT2D eigenvalue weighted by Gasteiger charge is -2.29. The lowest BCUT2D eigenvalue weighted by molar-refractivity contribution is -0.159. The Morgan fingerprint density at radius 2 is 1.55 bits per heavy atom. The van der Waals surface area contributed by atoms with E-state index in [4.69, 9.17) is 4.74 Å². The zero-order valence-corrected chi connectivity index (χ0v) is 15.4. The van der Waals surface area contributed by atoms with Gasteiger partial charge in [0, 0.05) is 16.9 Å². The molecule has 0 aliphatic carbocycles. The molecule has 0 aliphatic heterocycles. The Morgan fingerprint density at radius 1 is 1.05 bits per heavy atom. The maximum absolute atomic E-state index is 12.1. The first-order chi connectivity index (χ1) is 9.71. The van der Waals surface area contributed by atoms with E-state index < -0.39 is 29.7 Å². The summed E-state index contributed by atoms with van der Waals surface area (Å²) < 4.78 is 9.65. The Kier molecular flexibility index (Phi) is 7.41.